The molecular formula is C12H15NO3. The molecule has 0 spiro atoms. The molecule has 16 heavy (non-hydrogen) atoms. The SMILES string of the molecule is CC(C)(C)ON=Cc1ccccc1C(=O)O. The lowest BCUT2D eigenvalue weighted by Crippen LogP contribution is -2.15. The first-order valence-corrected chi connectivity index (χ1v) is 4.94. The minimum atomic E-state index is -0.974. The summed E-state index contributed by atoms with van der Waals surface area (Å²) in [5.41, 5.74) is 0.359. The molecule has 4 heteroatoms. The summed E-state index contributed by atoms with van der Waals surface area (Å²) in [5, 5.41) is 12.7. The highest BCUT2D eigenvalue weighted by Crippen LogP contribution is 2.09. The predicted molar refractivity (Wildman–Crippen MR) is 61.8 cm³/mol. The second-order valence-electron chi connectivity index (χ2n) is 4.33. The molecule has 0 unspecified atom stereocenters. The highest BCUT2D eigenvalue weighted by Gasteiger charge is 2.10. The molecule has 0 heterocycles. The van der Waals surface area contributed by atoms with Crippen molar-refractivity contribution in [2.45, 2.75) is 26.4 Å². The minimum absolute atomic E-state index is 0.212. The quantitative estimate of drug-likeness (QED) is 0.630. The first-order chi connectivity index (χ1) is 7.40. The second kappa shape index (κ2) is 4.79. The van der Waals surface area contributed by atoms with Crippen LogP contribution in [0.5, 0.6) is 0 Å². The molecule has 86 valence electrons. The molecule has 0 saturated heterocycles. The summed E-state index contributed by atoms with van der Waals surface area (Å²) < 4.78 is 0. The number of carboxylic acid groups (broad SMARTS) is 1. The summed E-state index contributed by atoms with van der Waals surface area (Å²) in [5.74, 6) is -0.974. The van der Waals surface area contributed by atoms with Crippen LogP contribution in [-0.4, -0.2) is 22.9 Å². The molecule has 1 rings (SSSR count). The zero-order valence-corrected chi connectivity index (χ0v) is 9.60. The Kier molecular flexibility index (Phi) is 3.66. The molecule has 0 radical (unpaired) electrons. The van der Waals surface area contributed by atoms with Crippen LogP contribution >= 0.6 is 0 Å². The monoisotopic (exact) mass is 221 g/mol. The number of hydrogen-bond donors (Lipinski definition) is 1. The van der Waals surface area contributed by atoms with Crippen LogP contribution in [0.3, 0.4) is 0 Å². The van der Waals surface area contributed by atoms with E-state index in [9.17, 15) is 4.79 Å². The fourth-order valence-electron chi connectivity index (χ4n) is 1.05. The Morgan fingerprint density at radius 3 is 2.56 bits per heavy atom. The van der Waals surface area contributed by atoms with Gasteiger partial charge in [0.05, 0.1) is 11.8 Å². The van der Waals surface area contributed by atoms with Gasteiger partial charge in [0.25, 0.3) is 0 Å². The van der Waals surface area contributed by atoms with Crippen LogP contribution in [0.2, 0.25) is 0 Å². The number of carbonyl (C=O) groups is 1. The second-order valence-corrected chi connectivity index (χ2v) is 4.33. The lowest BCUT2D eigenvalue weighted by Gasteiger charge is -2.14. The molecule has 0 atom stereocenters. The van der Waals surface area contributed by atoms with Crippen molar-refractivity contribution in [3.05, 3.63) is 35.4 Å². The molecule has 4 nitrogen and oxygen atoms in total. The third kappa shape index (κ3) is 3.73. The molecule has 0 saturated carbocycles. The van der Waals surface area contributed by atoms with E-state index in [0.29, 0.717) is 5.56 Å². The summed E-state index contributed by atoms with van der Waals surface area (Å²) in [6.45, 7) is 5.61. The van der Waals surface area contributed by atoms with E-state index in [1.807, 2.05) is 20.8 Å². The van der Waals surface area contributed by atoms with Gasteiger partial charge in [-0.3, -0.25) is 0 Å². The van der Waals surface area contributed by atoms with Crippen molar-refractivity contribution in [2.24, 2.45) is 5.16 Å². The Bertz CT molecular complexity index is 405. The number of benzene rings is 1. The zero-order chi connectivity index (χ0) is 12.2. The maximum atomic E-state index is 10.9. The molecule has 0 bridgehead atoms. The fraction of sp³-hybridized carbons (Fsp3) is 0.333. The largest absolute Gasteiger partial charge is 0.478 e. The van der Waals surface area contributed by atoms with Crippen LogP contribution in [-0.2, 0) is 4.84 Å². The van der Waals surface area contributed by atoms with E-state index in [-0.39, 0.29) is 11.2 Å². The van der Waals surface area contributed by atoms with E-state index in [4.69, 9.17) is 9.94 Å². The normalized spacial score (nSPS) is 11.7. The van der Waals surface area contributed by atoms with Gasteiger partial charge in [-0.1, -0.05) is 23.4 Å². The van der Waals surface area contributed by atoms with Crippen LogP contribution < -0.4 is 0 Å². The van der Waals surface area contributed by atoms with Gasteiger partial charge in [-0.2, -0.15) is 0 Å². The van der Waals surface area contributed by atoms with Gasteiger partial charge in [0, 0.05) is 5.56 Å². The fourth-order valence-corrected chi connectivity index (χ4v) is 1.05. The van der Waals surface area contributed by atoms with E-state index >= 15 is 0 Å². The van der Waals surface area contributed by atoms with Gasteiger partial charge in [0.15, 0.2) is 0 Å². The minimum Gasteiger partial charge on any atom is -0.478 e. The molecule has 1 aromatic rings. The number of aromatic carboxylic acids is 1. The Morgan fingerprint density at radius 1 is 1.38 bits per heavy atom. The third-order valence-electron chi connectivity index (χ3n) is 1.71. The topological polar surface area (TPSA) is 58.9 Å². The summed E-state index contributed by atoms with van der Waals surface area (Å²) in [4.78, 5) is 16.0. The van der Waals surface area contributed by atoms with Gasteiger partial charge in [0.2, 0.25) is 0 Å². The van der Waals surface area contributed by atoms with Gasteiger partial charge < -0.3 is 9.94 Å². The number of nitrogens with zero attached hydrogens (tertiary/aromatic N) is 1. The number of oxime groups is 1. The van der Waals surface area contributed by atoms with E-state index in [1.54, 1.807) is 18.2 Å². The van der Waals surface area contributed by atoms with E-state index in [1.165, 1.54) is 12.3 Å². The number of carboxylic acids is 1. The Hall–Kier alpha value is -1.84. The lowest BCUT2D eigenvalue weighted by molar-refractivity contribution is 0.00199. The Labute approximate surface area is 94.5 Å². The Balaban J connectivity index is 2.85. The van der Waals surface area contributed by atoms with Gasteiger partial charge in [0.1, 0.15) is 5.60 Å². The van der Waals surface area contributed by atoms with Crippen LogP contribution in [0.1, 0.15) is 36.7 Å². The average molecular weight is 221 g/mol. The van der Waals surface area contributed by atoms with Crippen molar-refractivity contribution in [1.29, 1.82) is 0 Å². The van der Waals surface area contributed by atoms with Crippen molar-refractivity contribution in [1.82, 2.24) is 0 Å². The van der Waals surface area contributed by atoms with Crippen LogP contribution in [0.4, 0.5) is 0 Å². The third-order valence-corrected chi connectivity index (χ3v) is 1.71. The van der Waals surface area contributed by atoms with E-state index in [2.05, 4.69) is 5.16 Å². The highest BCUT2D eigenvalue weighted by molar-refractivity contribution is 5.98. The van der Waals surface area contributed by atoms with Crippen molar-refractivity contribution in [2.75, 3.05) is 0 Å². The molecular weight excluding hydrogens is 206 g/mol. The average Bonchev–Trinajstić information content (AvgIpc) is 2.16. The van der Waals surface area contributed by atoms with Gasteiger partial charge in [-0.05, 0) is 26.8 Å². The molecule has 0 aliphatic rings. The van der Waals surface area contributed by atoms with Crippen molar-refractivity contribution in [3.63, 3.8) is 0 Å². The first-order valence-electron chi connectivity index (χ1n) is 4.94. The molecule has 1 aromatic carbocycles. The molecule has 0 aliphatic carbocycles. The molecule has 0 fully saturated rings. The van der Waals surface area contributed by atoms with E-state index < -0.39 is 5.97 Å². The summed E-state index contributed by atoms with van der Waals surface area (Å²) in [7, 11) is 0. The van der Waals surface area contributed by atoms with Crippen LogP contribution in [0.25, 0.3) is 0 Å². The van der Waals surface area contributed by atoms with Gasteiger partial charge >= 0.3 is 5.97 Å². The van der Waals surface area contributed by atoms with Crippen molar-refractivity contribution >= 4 is 12.2 Å². The maximum Gasteiger partial charge on any atom is 0.336 e. The van der Waals surface area contributed by atoms with Gasteiger partial charge in [-0.25, -0.2) is 4.79 Å². The molecule has 0 amide bonds. The van der Waals surface area contributed by atoms with E-state index in [0.717, 1.165) is 0 Å². The molecule has 1 N–H and O–H groups in total. The summed E-state index contributed by atoms with van der Waals surface area (Å²) in [6.07, 6.45) is 1.41. The maximum absolute atomic E-state index is 10.9. The summed E-state index contributed by atoms with van der Waals surface area (Å²) >= 11 is 0. The van der Waals surface area contributed by atoms with Crippen molar-refractivity contribution < 1.29 is 14.7 Å². The zero-order valence-electron chi connectivity index (χ0n) is 9.60. The van der Waals surface area contributed by atoms with Crippen LogP contribution in [0.15, 0.2) is 29.4 Å². The molecule has 0 aromatic heterocycles. The van der Waals surface area contributed by atoms with Crippen LogP contribution in [0, 0.1) is 0 Å². The van der Waals surface area contributed by atoms with Crippen molar-refractivity contribution in [3.8, 4) is 0 Å². The van der Waals surface area contributed by atoms with Gasteiger partial charge in [-0.15, -0.1) is 0 Å². The predicted octanol–water partition coefficient (Wildman–Crippen LogP) is 2.53. The Morgan fingerprint density at radius 2 is 2.00 bits per heavy atom. The number of hydrogen-bond acceptors (Lipinski definition) is 3. The highest BCUT2D eigenvalue weighted by atomic mass is 16.6. The number of rotatable bonds is 3. The standard InChI is InChI=1S/C12H15NO3/c1-12(2,3)16-13-8-9-6-4-5-7-10(9)11(14)15/h4-8H,1-3H3,(H,14,15). The smallest absolute Gasteiger partial charge is 0.336 e. The summed E-state index contributed by atoms with van der Waals surface area (Å²) in [6, 6.07) is 6.63. The first kappa shape index (κ1) is 12.2. The lowest BCUT2D eigenvalue weighted by atomic mass is 10.1. The molecule has 0 aliphatic heterocycles.